The van der Waals surface area contributed by atoms with Crippen molar-refractivity contribution in [2.24, 2.45) is 16.2 Å². The molecule has 1 aromatic carbocycles. The van der Waals surface area contributed by atoms with Crippen molar-refractivity contribution < 1.29 is 26.3 Å². The third-order valence-corrected chi connectivity index (χ3v) is 9.36. The fraction of sp³-hybridized carbons (Fsp3) is 0.640. The van der Waals surface area contributed by atoms with E-state index in [9.17, 15) is 17.4 Å². The predicted molar refractivity (Wildman–Crippen MR) is 138 cm³/mol. The Bertz CT molecular complexity index is 1090. The highest BCUT2D eigenvalue weighted by molar-refractivity contribution is 7.96. The first-order chi connectivity index (χ1) is 16.3. The van der Waals surface area contributed by atoms with E-state index in [0.29, 0.717) is 10.5 Å². The van der Waals surface area contributed by atoms with Crippen molar-refractivity contribution in [3.63, 3.8) is 0 Å². The number of nitrogens with zero attached hydrogens (tertiary/aromatic N) is 1. The molecule has 1 N–H and O–H groups in total. The van der Waals surface area contributed by atoms with Crippen LogP contribution in [-0.2, 0) is 33.7 Å². The monoisotopic (exact) mass is 528 g/mol. The van der Waals surface area contributed by atoms with E-state index in [-0.39, 0.29) is 12.5 Å². The Balaban J connectivity index is 2.61. The number of carbonyl (C=O) groups excluding carboxylic acids is 1. The van der Waals surface area contributed by atoms with Crippen LogP contribution in [0.25, 0.3) is 0 Å². The van der Waals surface area contributed by atoms with Gasteiger partial charge in [-0.3, -0.25) is 8.98 Å². The van der Waals surface area contributed by atoms with E-state index in [1.165, 1.54) is 7.05 Å². The molecule has 1 aliphatic carbocycles. The van der Waals surface area contributed by atoms with Crippen LogP contribution in [0.2, 0.25) is 0 Å². The summed E-state index contributed by atoms with van der Waals surface area (Å²) in [6, 6.07) is 7.69. The predicted octanol–water partition coefficient (Wildman–Crippen LogP) is 4.82. The molecule has 0 radical (unpaired) electrons. The van der Waals surface area contributed by atoms with Crippen molar-refractivity contribution in [3.8, 4) is 0 Å². The summed E-state index contributed by atoms with van der Waals surface area (Å²) in [5.74, 6) is -1.25. The lowest BCUT2D eigenvalue weighted by atomic mass is 9.74. The first-order valence-corrected chi connectivity index (χ1v) is 15.1. The molecule has 0 aromatic heterocycles. The molecular formula is C25H40N2O6S2. The van der Waals surface area contributed by atoms with Crippen LogP contribution in [0.15, 0.2) is 50.6 Å². The standard InChI is InChI=1S/C25H40N2O6S2/c1-7-32-24(28)23(27-35(30,31)33-25(3,4)5)22(20-14-10-8-11-15-20)19(2)18-34(29,26-6)21-16-12-9-13-17-21/h9,12-13,16-18,20,22-23,27H,7-8,10-11,14-15H2,1-6H3/b19-18+/t22-,23-,34?/m0/s1. The third kappa shape index (κ3) is 8.70. The number of hydrogen-bond acceptors (Lipinski definition) is 7. The Kier molecular flexibility index (Phi) is 10.5. The smallest absolute Gasteiger partial charge is 0.337 e. The molecule has 198 valence electrons. The van der Waals surface area contributed by atoms with E-state index in [4.69, 9.17) is 8.92 Å². The summed E-state index contributed by atoms with van der Waals surface area (Å²) in [7, 11) is -5.73. The van der Waals surface area contributed by atoms with Gasteiger partial charge in [-0.05, 0) is 65.5 Å². The maximum Gasteiger partial charge on any atom is 0.337 e. The Morgan fingerprint density at radius 2 is 1.74 bits per heavy atom. The van der Waals surface area contributed by atoms with E-state index in [1.807, 2.05) is 6.07 Å². The second-order valence-electron chi connectivity index (χ2n) is 9.85. The molecule has 0 saturated heterocycles. The third-order valence-electron chi connectivity index (χ3n) is 5.91. The molecule has 1 fully saturated rings. The lowest BCUT2D eigenvalue weighted by Gasteiger charge is -2.36. The van der Waals surface area contributed by atoms with Gasteiger partial charge < -0.3 is 4.74 Å². The quantitative estimate of drug-likeness (QED) is 0.436. The topological polar surface area (TPSA) is 111 Å². The highest BCUT2D eigenvalue weighted by atomic mass is 32.2. The van der Waals surface area contributed by atoms with Gasteiger partial charge in [0, 0.05) is 18.4 Å². The fourth-order valence-corrected chi connectivity index (χ4v) is 7.50. The normalized spacial score (nSPS) is 19.4. The Morgan fingerprint density at radius 1 is 1.14 bits per heavy atom. The SMILES string of the molecule is CCOC(=O)[C@@H](NS(=O)(=O)OC(C)(C)C)[C@@H](/C(C)=C/S(=O)(=NC)c1ccccc1)C1CCCCC1. The average molecular weight is 529 g/mol. The van der Waals surface area contributed by atoms with Gasteiger partial charge in [-0.15, -0.1) is 0 Å². The maximum atomic E-state index is 13.8. The summed E-state index contributed by atoms with van der Waals surface area (Å²) in [5.41, 5.74) is -0.355. The number of ether oxygens (including phenoxy) is 1. The minimum absolute atomic E-state index is 0.00280. The molecule has 10 heteroatoms. The fourth-order valence-electron chi connectivity index (χ4n) is 4.58. The number of esters is 1. The van der Waals surface area contributed by atoms with Gasteiger partial charge in [0.1, 0.15) is 6.04 Å². The van der Waals surface area contributed by atoms with Crippen LogP contribution in [0.3, 0.4) is 0 Å². The van der Waals surface area contributed by atoms with Gasteiger partial charge in [-0.25, -0.2) is 8.57 Å². The van der Waals surface area contributed by atoms with Crippen LogP contribution in [0.1, 0.15) is 66.7 Å². The van der Waals surface area contributed by atoms with Gasteiger partial charge in [0.15, 0.2) is 0 Å². The minimum Gasteiger partial charge on any atom is -0.465 e. The highest BCUT2D eigenvalue weighted by Gasteiger charge is 2.40. The second kappa shape index (κ2) is 12.5. The Labute approximate surface area is 211 Å². The molecule has 8 nitrogen and oxygen atoms in total. The van der Waals surface area contributed by atoms with Crippen LogP contribution >= 0.6 is 0 Å². The highest BCUT2D eigenvalue weighted by Crippen LogP contribution is 2.37. The van der Waals surface area contributed by atoms with Gasteiger partial charge in [-0.2, -0.15) is 13.1 Å². The summed E-state index contributed by atoms with van der Waals surface area (Å²) in [5, 5.41) is 1.59. The largest absolute Gasteiger partial charge is 0.465 e. The Hall–Kier alpha value is -1.75. The van der Waals surface area contributed by atoms with Crippen LogP contribution < -0.4 is 4.72 Å². The number of rotatable bonds is 10. The van der Waals surface area contributed by atoms with Crippen molar-refractivity contribution in [1.29, 1.82) is 0 Å². The molecule has 0 heterocycles. The van der Waals surface area contributed by atoms with Gasteiger partial charge in [0.05, 0.1) is 26.8 Å². The van der Waals surface area contributed by atoms with E-state index in [0.717, 1.165) is 32.1 Å². The first-order valence-electron chi connectivity index (χ1n) is 12.1. The van der Waals surface area contributed by atoms with E-state index in [2.05, 4.69) is 9.08 Å². The van der Waals surface area contributed by atoms with Crippen molar-refractivity contribution in [3.05, 3.63) is 41.3 Å². The van der Waals surface area contributed by atoms with Crippen LogP contribution in [0, 0.1) is 11.8 Å². The van der Waals surface area contributed by atoms with Gasteiger partial charge in [-0.1, -0.05) is 43.0 Å². The van der Waals surface area contributed by atoms with Gasteiger partial charge >= 0.3 is 16.3 Å². The number of benzene rings is 1. The van der Waals surface area contributed by atoms with Crippen LogP contribution in [0.5, 0.6) is 0 Å². The Morgan fingerprint density at radius 3 is 2.26 bits per heavy atom. The summed E-state index contributed by atoms with van der Waals surface area (Å²) in [6.07, 6.45) is 4.68. The van der Waals surface area contributed by atoms with E-state index < -0.39 is 43.6 Å². The molecule has 1 saturated carbocycles. The second-order valence-corrected chi connectivity index (χ2v) is 13.4. The summed E-state index contributed by atoms with van der Waals surface area (Å²) in [6.45, 7) is 8.42. The molecule has 35 heavy (non-hydrogen) atoms. The molecule has 1 aromatic rings. The molecule has 1 aliphatic rings. The zero-order valence-corrected chi connectivity index (χ0v) is 23.3. The molecule has 0 aliphatic heterocycles. The van der Waals surface area contributed by atoms with Crippen molar-refractivity contribution in [2.75, 3.05) is 13.7 Å². The van der Waals surface area contributed by atoms with E-state index in [1.54, 1.807) is 64.3 Å². The minimum atomic E-state index is -4.29. The van der Waals surface area contributed by atoms with Crippen molar-refractivity contribution in [2.45, 2.75) is 83.3 Å². The number of carbonyl (C=O) groups is 1. The number of hydrogen-bond donors (Lipinski definition) is 1. The molecule has 0 amide bonds. The van der Waals surface area contributed by atoms with E-state index >= 15 is 0 Å². The zero-order chi connectivity index (χ0) is 26.3. The van der Waals surface area contributed by atoms with Crippen molar-refractivity contribution >= 4 is 26.0 Å². The molecule has 3 atom stereocenters. The maximum absolute atomic E-state index is 13.8. The molecular weight excluding hydrogens is 488 g/mol. The van der Waals surface area contributed by atoms with Gasteiger partial charge in [0.25, 0.3) is 0 Å². The average Bonchev–Trinajstić information content (AvgIpc) is 2.78. The summed E-state index contributed by atoms with van der Waals surface area (Å²) < 4.78 is 56.8. The van der Waals surface area contributed by atoms with Crippen molar-refractivity contribution in [1.82, 2.24) is 4.72 Å². The number of nitrogens with one attached hydrogen (secondary N) is 1. The first kappa shape index (κ1) is 29.5. The summed E-state index contributed by atoms with van der Waals surface area (Å²) in [4.78, 5) is 13.7. The molecule has 1 unspecified atom stereocenters. The lowest BCUT2D eigenvalue weighted by Crippen LogP contribution is -2.51. The molecule has 0 bridgehead atoms. The summed E-state index contributed by atoms with van der Waals surface area (Å²) >= 11 is 0. The van der Waals surface area contributed by atoms with Crippen LogP contribution in [-0.4, -0.2) is 43.9 Å². The molecule has 0 spiro atoms. The van der Waals surface area contributed by atoms with Crippen LogP contribution in [0.4, 0.5) is 0 Å². The lowest BCUT2D eigenvalue weighted by molar-refractivity contribution is -0.147. The van der Waals surface area contributed by atoms with Gasteiger partial charge in [0.2, 0.25) is 0 Å². The molecule has 2 rings (SSSR count). The zero-order valence-electron chi connectivity index (χ0n) is 21.7.